The van der Waals surface area contributed by atoms with Crippen LogP contribution < -0.4 is 0 Å². The minimum atomic E-state index is -0.775. The fourth-order valence-corrected chi connectivity index (χ4v) is 10.2. The van der Waals surface area contributed by atoms with Crippen molar-refractivity contribution in [3.63, 3.8) is 0 Å². The molecule has 83 heavy (non-hydrogen) atoms. The Labute approximate surface area is 515 Å². The first kappa shape index (κ1) is 79.3. The second kappa shape index (κ2) is 70.8. The average molecular weight is 1160 g/mol. The van der Waals surface area contributed by atoms with Crippen LogP contribution in [0.25, 0.3) is 0 Å². The van der Waals surface area contributed by atoms with E-state index >= 15 is 0 Å². The molecule has 0 spiro atoms. The number of unbranched alkanes of at least 4 members (excludes halogenated alkanes) is 38. The maximum atomic E-state index is 12.9. The van der Waals surface area contributed by atoms with E-state index in [-0.39, 0.29) is 31.1 Å². The topological polar surface area (TPSA) is 78.9 Å². The molecule has 0 saturated heterocycles. The second-order valence-electron chi connectivity index (χ2n) is 23.8. The van der Waals surface area contributed by atoms with Crippen LogP contribution in [0.5, 0.6) is 0 Å². The Bertz CT molecular complexity index is 1610. The molecular formula is C77H134O6. The lowest BCUT2D eigenvalue weighted by molar-refractivity contribution is -0.167. The number of carbonyl (C=O) groups excluding carboxylic acids is 3. The van der Waals surface area contributed by atoms with Crippen LogP contribution in [0.15, 0.2) is 97.2 Å². The van der Waals surface area contributed by atoms with Gasteiger partial charge in [-0.05, 0) is 103 Å². The molecule has 0 N–H and O–H groups in total. The van der Waals surface area contributed by atoms with E-state index in [0.29, 0.717) is 19.3 Å². The monoisotopic (exact) mass is 1160 g/mol. The molecule has 0 aromatic rings. The van der Waals surface area contributed by atoms with Crippen molar-refractivity contribution in [1.29, 1.82) is 0 Å². The van der Waals surface area contributed by atoms with Crippen LogP contribution in [0, 0.1) is 0 Å². The molecule has 0 amide bonds. The SMILES string of the molecule is CC/C=C\C/C=C\C/C=C\C/C=C\C/C=C\C/C=C\CCCCCCCCCCCCCCCCC(=O)OCC(COC(=O)CCCCCCCCC)OC(=O)CCCCCCCCCCCCCCC/C=C\C/C=C\CCCCCCC. The maximum absolute atomic E-state index is 12.9. The van der Waals surface area contributed by atoms with E-state index in [1.165, 1.54) is 212 Å². The molecule has 0 radical (unpaired) electrons. The van der Waals surface area contributed by atoms with Gasteiger partial charge in [0.05, 0.1) is 0 Å². The molecule has 0 rings (SSSR count). The van der Waals surface area contributed by atoms with Gasteiger partial charge in [-0.25, -0.2) is 0 Å². The quantitative estimate of drug-likeness (QED) is 0.0261. The first-order valence-electron chi connectivity index (χ1n) is 35.7. The smallest absolute Gasteiger partial charge is 0.306 e. The molecule has 0 saturated carbocycles. The molecule has 0 aromatic heterocycles. The molecule has 1 unspecified atom stereocenters. The summed E-state index contributed by atoms with van der Waals surface area (Å²) in [5, 5.41) is 0. The summed E-state index contributed by atoms with van der Waals surface area (Å²) in [4.78, 5) is 38.2. The second-order valence-corrected chi connectivity index (χ2v) is 23.8. The summed E-state index contributed by atoms with van der Waals surface area (Å²) in [5.74, 6) is -0.866. The van der Waals surface area contributed by atoms with Gasteiger partial charge in [0.15, 0.2) is 6.10 Å². The van der Waals surface area contributed by atoms with Crippen molar-refractivity contribution in [2.45, 2.75) is 361 Å². The highest BCUT2D eigenvalue weighted by Gasteiger charge is 2.19. The Morgan fingerprint density at radius 1 is 0.253 bits per heavy atom. The van der Waals surface area contributed by atoms with E-state index in [0.717, 1.165) is 103 Å². The standard InChI is InChI=1S/C77H134O6/c1-4-7-10-13-16-18-20-22-24-26-28-30-32-34-35-36-37-38-39-40-41-43-44-46-48-50-52-54-56-58-61-64-67-70-76(79)82-73-74(72-81-75(78)69-66-63-60-15-12-9-6-3)83-77(80)71-68-65-62-59-57-55-53-51-49-47-45-42-33-31-29-27-25-23-21-19-17-14-11-8-5-2/h7,10,16,18,21-24,27-30,34-35,37-38,74H,4-6,8-9,11-15,17,19-20,25-26,31-33,36,39-73H2,1-3H3/b10-7-,18-16-,23-21-,24-22-,29-27-,30-28-,35-34-,38-37-. The van der Waals surface area contributed by atoms with Gasteiger partial charge in [0.25, 0.3) is 0 Å². The van der Waals surface area contributed by atoms with E-state index in [9.17, 15) is 14.4 Å². The molecule has 0 fully saturated rings. The van der Waals surface area contributed by atoms with Crippen molar-refractivity contribution in [2.24, 2.45) is 0 Å². The number of esters is 3. The third-order valence-electron chi connectivity index (χ3n) is 15.6. The molecule has 0 bridgehead atoms. The van der Waals surface area contributed by atoms with Gasteiger partial charge in [0, 0.05) is 19.3 Å². The largest absolute Gasteiger partial charge is 0.462 e. The Hall–Kier alpha value is -3.67. The zero-order valence-electron chi connectivity index (χ0n) is 54.9. The van der Waals surface area contributed by atoms with E-state index < -0.39 is 6.10 Å². The summed E-state index contributed by atoms with van der Waals surface area (Å²) in [6.07, 6.45) is 96.1. The van der Waals surface area contributed by atoms with Crippen LogP contribution in [-0.4, -0.2) is 37.2 Å². The molecule has 0 aliphatic heterocycles. The lowest BCUT2D eigenvalue weighted by Gasteiger charge is -2.18. The molecule has 1 atom stereocenters. The highest BCUT2D eigenvalue weighted by molar-refractivity contribution is 5.71. The fraction of sp³-hybridized carbons (Fsp3) is 0.753. The number of rotatable bonds is 65. The first-order valence-corrected chi connectivity index (χ1v) is 35.7. The summed E-state index contributed by atoms with van der Waals surface area (Å²) in [7, 11) is 0. The van der Waals surface area contributed by atoms with Gasteiger partial charge in [-0.2, -0.15) is 0 Å². The Morgan fingerprint density at radius 2 is 0.470 bits per heavy atom. The normalized spacial score (nSPS) is 12.7. The van der Waals surface area contributed by atoms with E-state index in [1.54, 1.807) is 0 Å². The molecule has 6 nitrogen and oxygen atoms in total. The fourth-order valence-electron chi connectivity index (χ4n) is 10.2. The predicted octanol–water partition coefficient (Wildman–Crippen LogP) is 24.8. The summed E-state index contributed by atoms with van der Waals surface area (Å²) in [6.45, 7) is 6.51. The van der Waals surface area contributed by atoms with Gasteiger partial charge in [-0.3, -0.25) is 14.4 Å². The third kappa shape index (κ3) is 69.0. The van der Waals surface area contributed by atoms with Gasteiger partial charge in [0.1, 0.15) is 13.2 Å². The van der Waals surface area contributed by atoms with Crippen LogP contribution in [0.1, 0.15) is 355 Å². The zero-order chi connectivity index (χ0) is 59.9. The van der Waals surface area contributed by atoms with Crippen molar-refractivity contribution in [3.8, 4) is 0 Å². The number of hydrogen-bond acceptors (Lipinski definition) is 6. The van der Waals surface area contributed by atoms with Gasteiger partial charge in [-0.1, -0.05) is 330 Å². The summed E-state index contributed by atoms with van der Waals surface area (Å²) in [5.41, 5.74) is 0. The third-order valence-corrected chi connectivity index (χ3v) is 15.6. The summed E-state index contributed by atoms with van der Waals surface area (Å²) < 4.78 is 16.9. The Morgan fingerprint density at radius 3 is 0.735 bits per heavy atom. The summed E-state index contributed by atoms with van der Waals surface area (Å²) in [6, 6.07) is 0. The van der Waals surface area contributed by atoms with Gasteiger partial charge < -0.3 is 14.2 Å². The number of ether oxygens (including phenoxy) is 3. The Kier molecular flexibility index (Phi) is 67.7. The summed E-state index contributed by atoms with van der Waals surface area (Å²) >= 11 is 0. The van der Waals surface area contributed by atoms with Crippen molar-refractivity contribution < 1.29 is 28.6 Å². The van der Waals surface area contributed by atoms with Crippen molar-refractivity contribution in [1.82, 2.24) is 0 Å². The van der Waals surface area contributed by atoms with Gasteiger partial charge in [-0.15, -0.1) is 0 Å². The van der Waals surface area contributed by atoms with Crippen LogP contribution in [0.4, 0.5) is 0 Å². The van der Waals surface area contributed by atoms with Crippen LogP contribution in [-0.2, 0) is 28.6 Å². The number of allylic oxidation sites excluding steroid dienone is 16. The van der Waals surface area contributed by atoms with Crippen molar-refractivity contribution in [2.75, 3.05) is 13.2 Å². The molecular weight excluding hydrogens is 1020 g/mol. The lowest BCUT2D eigenvalue weighted by atomic mass is 10.0. The number of hydrogen-bond donors (Lipinski definition) is 0. The van der Waals surface area contributed by atoms with Gasteiger partial charge >= 0.3 is 17.9 Å². The molecule has 478 valence electrons. The zero-order valence-corrected chi connectivity index (χ0v) is 54.9. The first-order chi connectivity index (χ1) is 41.0. The number of carbonyl (C=O) groups is 3. The average Bonchev–Trinajstić information content (AvgIpc) is 3.50. The van der Waals surface area contributed by atoms with Crippen molar-refractivity contribution in [3.05, 3.63) is 97.2 Å². The Balaban J connectivity index is 4.05. The molecule has 0 heterocycles. The molecule has 0 aliphatic rings. The molecule has 0 aliphatic carbocycles. The highest BCUT2D eigenvalue weighted by Crippen LogP contribution is 2.17. The van der Waals surface area contributed by atoms with E-state index in [2.05, 4.69) is 118 Å². The van der Waals surface area contributed by atoms with Crippen molar-refractivity contribution >= 4 is 17.9 Å². The van der Waals surface area contributed by atoms with Crippen LogP contribution >= 0.6 is 0 Å². The lowest BCUT2D eigenvalue weighted by Crippen LogP contribution is -2.30. The predicted molar refractivity (Wildman–Crippen MR) is 362 cm³/mol. The minimum Gasteiger partial charge on any atom is -0.462 e. The van der Waals surface area contributed by atoms with Gasteiger partial charge in [0.2, 0.25) is 0 Å². The van der Waals surface area contributed by atoms with Crippen LogP contribution in [0.3, 0.4) is 0 Å². The minimum absolute atomic E-state index is 0.0735. The van der Waals surface area contributed by atoms with E-state index in [4.69, 9.17) is 14.2 Å². The van der Waals surface area contributed by atoms with Crippen LogP contribution in [0.2, 0.25) is 0 Å². The maximum Gasteiger partial charge on any atom is 0.306 e. The molecule has 0 aromatic carbocycles. The van der Waals surface area contributed by atoms with E-state index in [1.807, 2.05) is 0 Å². The molecule has 6 heteroatoms. The highest BCUT2D eigenvalue weighted by atomic mass is 16.6.